The highest BCUT2D eigenvalue weighted by atomic mass is 32.1. The molecule has 0 saturated heterocycles. The van der Waals surface area contributed by atoms with Crippen LogP contribution in [0.1, 0.15) is 0 Å². The predicted molar refractivity (Wildman–Crippen MR) is 228 cm³/mol. The summed E-state index contributed by atoms with van der Waals surface area (Å²) in [5, 5.41) is 3.27. The van der Waals surface area contributed by atoms with E-state index < -0.39 is 0 Å². The number of benzene rings is 7. The Hall–Kier alpha value is -7.35. The summed E-state index contributed by atoms with van der Waals surface area (Å²) in [5.41, 5.74) is 10.1. The van der Waals surface area contributed by atoms with Gasteiger partial charge in [-0.15, -0.1) is 11.3 Å². The lowest BCUT2D eigenvalue weighted by Crippen LogP contribution is -2.00. The van der Waals surface area contributed by atoms with E-state index >= 15 is 0 Å². The van der Waals surface area contributed by atoms with Crippen LogP contribution in [0.25, 0.3) is 110 Å². The molecular weight excluding hydrogens is 707 g/mol. The van der Waals surface area contributed by atoms with Gasteiger partial charge in [-0.05, 0) is 29.3 Å². The Labute approximate surface area is 325 Å². The van der Waals surface area contributed by atoms with Crippen molar-refractivity contribution in [2.75, 3.05) is 0 Å². The van der Waals surface area contributed by atoms with E-state index in [2.05, 4.69) is 78.9 Å². The molecule has 0 atom stereocenters. The molecule has 0 fully saturated rings. The van der Waals surface area contributed by atoms with E-state index in [0.29, 0.717) is 28.9 Å². The van der Waals surface area contributed by atoms with E-state index in [1.54, 1.807) is 11.3 Å². The number of furan rings is 1. The first-order chi connectivity index (χ1) is 27.7. The van der Waals surface area contributed by atoms with Gasteiger partial charge < -0.3 is 4.42 Å². The van der Waals surface area contributed by atoms with E-state index in [1.807, 2.05) is 97.1 Å². The summed E-state index contributed by atoms with van der Waals surface area (Å²) in [6.07, 6.45) is 0. The van der Waals surface area contributed by atoms with Gasteiger partial charge in [0.1, 0.15) is 16.8 Å². The van der Waals surface area contributed by atoms with Gasteiger partial charge in [-0.2, -0.15) is 0 Å². The number of aromatic nitrogens is 5. The molecule has 0 amide bonds. The van der Waals surface area contributed by atoms with Crippen molar-refractivity contribution in [2.45, 2.75) is 0 Å². The number of rotatable bonds is 6. The highest BCUT2D eigenvalue weighted by molar-refractivity contribution is 7.26. The van der Waals surface area contributed by atoms with Gasteiger partial charge in [-0.25, -0.2) is 24.9 Å². The van der Waals surface area contributed by atoms with Gasteiger partial charge in [0, 0.05) is 53.4 Å². The van der Waals surface area contributed by atoms with E-state index in [-0.39, 0.29) is 0 Å². The summed E-state index contributed by atoms with van der Waals surface area (Å²) in [7, 11) is 0. The highest BCUT2D eigenvalue weighted by Crippen LogP contribution is 2.44. The van der Waals surface area contributed by atoms with Crippen LogP contribution in [0.4, 0.5) is 0 Å². The fourth-order valence-electron chi connectivity index (χ4n) is 7.50. The number of hydrogen-bond donors (Lipinski definition) is 0. The summed E-state index contributed by atoms with van der Waals surface area (Å²) < 4.78 is 8.70. The van der Waals surface area contributed by atoms with Crippen LogP contribution >= 0.6 is 11.3 Å². The predicted octanol–water partition coefficient (Wildman–Crippen LogP) is 12.9. The van der Waals surface area contributed by atoms with Crippen molar-refractivity contribution in [3.05, 3.63) is 176 Å². The molecule has 0 radical (unpaired) electrons. The van der Waals surface area contributed by atoms with E-state index in [1.165, 1.54) is 14.8 Å². The molecule has 4 heterocycles. The third-order valence-electron chi connectivity index (χ3n) is 10.2. The van der Waals surface area contributed by atoms with E-state index in [4.69, 9.17) is 29.3 Å². The zero-order valence-electron chi connectivity index (χ0n) is 29.8. The Morgan fingerprint density at radius 3 is 1.62 bits per heavy atom. The molecule has 0 aliphatic heterocycles. The van der Waals surface area contributed by atoms with Gasteiger partial charge >= 0.3 is 0 Å². The molecule has 0 unspecified atom stereocenters. The summed E-state index contributed by atoms with van der Waals surface area (Å²) in [5.74, 6) is 2.59. The SMILES string of the molecule is c1ccc(-c2nc(-c3ccccc3)nc(-c3cccc4sc5c(-c6ccc(-c7nc(-c8ccccc8)c8oc9ccccc9c8n7)cc6)cccc5c34)n2)cc1. The lowest BCUT2D eigenvalue weighted by Gasteiger charge is -2.10. The Morgan fingerprint density at radius 2 is 0.911 bits per heavy atom. The zero-order valence-corrected chi connectivity index (χ0v) is 30.6. The summed E-state index contributed by atoms with van der Waals surface area (Å²) >= 11 is 1.79. The smallest absolute Gasteiger partial charge is 0.180 e. The Balaban J connectivity index is 1.03. The molecular formula is C49H29N5OS. The number of thiophene rings is 1. The maximum absolute atomic E-state index is 6.33. The topological polar surface area (TPSA) is 77.6 Å². The van der Waals surface area contributed by atoms with Gasteiger partial charge in [0.25, 0.3) is 0 Å². The van der Waals surface area contributed by atoms with Gasteiger partial charge in [0.05, 0.1) is 0 Å². The van der Waals surface area contributed by atoms with Crippen molar-refractivity contribution in [1.82, 2.24) is 24.9 Å². The van der Waals surface area contributed by atoms with Crippen molar-refractivity contribution in [1.29, 1.82) is 0 Å². The molecule has 0 spiro atoms. The van der Waals surface area contributed by atoms with Crippen molar-refractivity contribution in [3.63, 3.8) is 0 Å². The first kappa shape index (κ1) is 32.1. The molecule has 0 aliphatic carbocycles. The molecule has 7 heteroatoms. The minimum Gasteiger partial charge on any atom is -0.452 e. The highest BCUT2D eigenvalue weighted by Gasteiger charge is 2.20. The fourth-order valence-corrected chi connectivity index (χ4v) is 8.77. The van der Waals surface area contributed by atoms with Crippen LogP contribution in [0, 0.1) is 0 Å². The van der Waals surface area contributed by atoms with Crippen molar-refractivity contribution < 1.29 is 4.42 Å². The third kappa shape index (κ3) is 5.44. The molecule has 262 valence electrons. The maximum Gasteiger partial charge on any atom is 0.180 e. The Kier molecular flexibility index (Phi) is 7.57. The van der Waals surface area contributed by atoms with Crippen LogP contribution in [0.5, 0.6) is 0 Å². The average molecular weight is 736 g/mol. The lowest BCUT2D eigenvalue weighted by molar-refractivity contribution is 0.667. The van der Waals surface area contributed by atoms with Gasteiger partial charge in [-0.1, -0.05) is 158 Å². The monoisotopic (exact) mass is 735 g/mol. The minimum atomic E-state index is 0.645. The van der Waals surface area contributed by atoms with Gasteiger partial charge in [0.2, 0.25) is 0 Å². The van der Waals surface area contributed by atoms with Crippen LogP contribution in [0.15, 0.2) is 180 Å². The van der Waals surface area contributed by atoms with Crippen LogP contribution in [0.2, 0.25) is 0 Å². The first-order valence-electron chi connectivity index (χ1n) is 18.4. The third-order valence-corrected chi connectivity index (χ3v) is 11.4. The van der Waals surface area contributed by atoms with Crippen LogP contribution in [-0.4, -0.2) is 24.9 Å². The summed E-state index contributed by atoms with van der Waals surface area (Å²) in [4.78, 5) is 25.2. The number of hydrogen-bond acceptors (Lipinski definition) is 7. The molecule has 11 rings (SSSR count). The standard InChI is InChI=1S/C49H29N5OS/c1-4-14-31(15-5-1)42-44-43(36-20-10-11-24-39(36)55-44)51-46(50-42)34-28-26-30(27-29-34)35-21-12-22-37-41-38(23-13-25-40(41)56-45(35)37)49-53-47(32-16-6-2-7-17-32)52-48(54-49)33-18-8-3-9-19-33/h1-29H. The molecule has 6 nitrogen and oxygen atoms in total. The fraction of sp³-hybridized carbons (Fsp3) is 0. The second kappa shape index (κ2) is 13.2. The van der Waals surface area contributed by atoms with Crippen LogP contribution < -0.4 is 0 Å². The van der Waals surface area contributed by atoms with Crippen molar-refractivity contribution >= 4 is 53.6 Å². The maximum atomic E-state index is 6.33. The Morgan fingerprint density at radius 1 is 0.375 bits per heavy atom. The van der Waals surface area contributed by atoms with Gasteiger partial charge in [0.15, 0.2) is 28.9 Å². The zero-order chi connectivity index (χ0) is 37.0. The second-order valence-electron chi connectivity index (χ2n) is 13.6. The Bertz CT molecular complexity index is 3180. The van der Waals surface area contributed by atoms with Crippen LogP contribution in [-0.2, 0) is 0 Å². The average Bonchev–Trinajstić information content (AvgIpc) is 3.86. The number of para-hydroxylation sites is 1. The quantitative estimate of drug-likeness (QED) is 0.169. The molecule has 0 N–H and O–H groups in total. The lowest BCUT2D eigenvalue weighted by atomic mass is 9.99. The summed E-state index contributed by atoms with van der Waals surface area (Å²) in [6, 6.07) is 59.9. The molecule has 7 aromatic carbocycles. The van der Waals surface area contributed by atoms with Crippen molar-refractivity contribution in [3.8, 4) is 67.9 Å². The molecule has 4 aromatic heterocycles. The van der Waals surface area contributed by atoms with E-state index in [0.717, 1.165) is 66.5 Å². The van der Waals surface area contributed by atoms with Crippen LogP contribution in [0.3, 0.4) is 0 Å². The summed E-state index contributed by atoms with van der Waals surface area (Å²) in [6.45, 7) is 0. The van der Waals surface area contributed by atoms with E-state index in [9.17, 15) is 0 Å². The molecule has 0 saturated carbocycles. The normalized spacial score (nSPS) is 11.6. The molecule has 0 bridgehead atoms. The second-order valence-corrected chi connectivity index (χ2v) is 14.7. The molecule has 56 heavy (non-hydrogen) atoms. The first-order valence-corrected chi connectivity index (χ1v) is 19.2. The van der Waals surface area contributed by atoms with Crippen molar-refractivity contribution in [2.24, 2.45) is 0 Å². The number of fused-ring (bicyclic) bond motifs is 6. The largest absolute Gasteiger partial charge is 0.452 e. The minimum absolute atomic E-state index is 0.645. The van der Waals surface area contributed by atoms with Gasteiger partial charge in [-0.3, -0.25) is 0 Å². The number of nitrogens with zero attached hydrogens (tertiary/aromatic N) is 5. The molecule has 0 aliphatic rings. The molecule has 11 aromatic rings.